The number of hydrogen-bond donors (Lipinski definition) is 3. The molecule has 1 atom stereocenters. The second-order valence-corrected chi connectivity index (χ2v) is 7.15. The van der Waals surface area contributed by atoms with Gasteiger partial charge in [-0.1, -0.05) is 19.1 Å². The van der Waals surface area contributed by atoms with E-state index in [9.17, 15) is 8.42 Å². The monoisotopic (exact) mass is 335 g/mol. The molecule has 0 saturated carbocycles. The van der Waals surface area contributed by atoms with Crippen LogP contribution >= 0.6 is 0 Å². The number of pyridine rings is 1. The molecule has 0 amide bonds. The molecule has 1 aromatic carbocycles. The maximum Gasteiger partial charge on any atom is 0.241 e. The maximum absolute atomic E-state index is 12.5. The first-order valence-electron chi connectivity index (χ1n) is 7.28. The van der Waals surface area contributed by atoms with Gasteiger partial charge >= 0.3 is 0 Å². The van der Waals surface area contributed by atoms with Crippen LogP contribution in [0, 0.1) is 5.92 Å². The highest BCUT2D eigenvalue weighted by Crippen LogP contribution is 2.21. The Labute approximate surface area is 135 Å². The van der Waals surface area contributed by atoms with Crippen molar-refractivity contribution in [1.29, 1.82) is 0 Å². The number of rotatable bonds is 7. The lowest BCUT2D eigenvalue weighted by Gasteiger charge is -2.12. The molecule has 0 fully saturated rings. The van der Waals surface area contributed by atoms with Crippen LogP contribution in [0.15, 0.2) is 46.5 Å². The Hall–Kier alpha value is -2.19. The van der Waals surface area contributed by atoms with Gasteiger partial charge in [-0.05, 0) is 24.5 Å². The van der Waals surface area contributed by atoms with Crippen LogP contribution in [0.3, 0.4) is 0 Å². The summed E-state index contributed by atoms with van der Waals surface area (Å²) in [5.74, 6) is 0.221. The third kappa shape index (κ3) is 4.64. The van der Waals surface area contributed by atoms with Gasteiger partial charge in [0, 0.05) is 36.3 Å². The highest BCUT2D eigenvalue weighted by atomic mass is 32.2. The second-order valence-electron chi connectivity index (χ2n) is 5.41. The molecule has 0 aliphatic rings. The van der Waals surface area contributed by atoms with E-state index in [0.717, 1.165) is 5.39 Å². The third-order valence-corrected chi connectivity index (χ3v) is 4.96. The largest absolute Gasteiger partial charge is 0.370 e. The van der Waals surface area contributed by atoms with Crippen LogP contribution in [0.25, 0.3) is 10.8 Å². The number of hydrogen-bond acceptors (Lipinski definition) is 4. The molecule has 23 heavy (non-hydrogen) atoms. The van der Waals surface area contributed by atoms with E-state index in [0.29, 0.717) is 24.9 Å². The van der Waals surface area contributed by atoms with Crippen LogP contribution in [0.1, 0.15) is 13.3 Å². The maximum atomic E-state index is 12.5. The number of aliphatic imine (C=N–C) groups is 1. The molecule has 0 bridgehead atoms. The van der Waals surface area contributed by atoms with E-state index in [1.807, 2.05) is 13.0 Å². The first-order chi connectivity index (χ1) is 10.9. The van der Waals surface area contributed by atoms with Gasteiger partial charge in [0.2, 0.25) is 10.0 Å². The van der Waals surface area contributed by atoms with Crippen molar-refractivity contribution in [3.8, 4) is 0 Å². The van der Waals surface area contributed by atoms with E-state index in [-0.39, 0.29) is 16.8 Å². The van der Waals surface area contributed by atoms with Crippen molar-refractivity contribution in [1.82, 2.24) is 9.71 Å². The zero-order valence-electron chi connectivity index (χ0n) is 12.9. The first kappa shape index (κ1) is 17.2. The van der Waals surface area contributed by atoms with Gasteiger partial charge in [-0.25, -0.2) is 13.1 Å². The van der Waals surface area contributed by atoms with Gasteiger partial charge in [-0.3, -0.25) is 9.98 Å². The Morgan fingerprint density at radius 3 is 2.87 bits per heavy atom. The van der Waals surface area contributed by atoms with Gasteiger partial charge in [0.15, 0.2) is 5.96 Å². The molecule has 7 nitrogen and oxygen atoms in total. The van der Waals surface area contributed by atoms with Gasteiger partial charge in [-0.2, -0.15) is 0 Å². The molecule has 1 aromatic heterocycles. The molecule has 1 unspecified atom stereocenters. The van der Waals surface area contributed by atoms with Crippen molar-refractivity contribution in [2.24, 2.45) is 22.4 Å². The van der Waals surface area contributed by atoms with E-state index < -0.39 is 10.0 Å². The number of guanidine groups is 1. The van der Waals surface area contributed by atoms with Crippen molar-refractivity contribution in [3.63, 3.8) is 0 Å². The number of sulfonamides is 1. The number of nitrogens with zero attached hydrogens (tertiary/aromatic N) is 2. The zero-order chi connectivity index (χ0) is 16.9. The predicted molar refractivity (Wildman–Crippen MR) is 91.4 cm³/mol. The molecule has 0 spiro atoms. The molecular formula is C15H21N5O2S. The van der Waals surface area contributed by atoms with Gasteiger partial charge in [0.05, 0.1) is 4.90 Å². The summed E-state index contributed by atoms with van der Waals surface area (Å²) in [5, 5.41) is 1.44. The number of aromatic nitrogens is 1. The minimum atomic E-state index is -3.58. The SMILES string of the molecule is CC(CCNS(=O)(=O)c1cccc2cnccc12)CN=C(N)N. The average molecular weight is 335 g/mol. The van der Waals surface area contributed by atoms with Gasteiger partial charge in [-0.15, -0.1) is 0 Å². The van der Waals surface area contributed by atoms with Gasteiger partial charge < -0.3 is 11.5 Å². The summed E-state index contributed by atoms with van der Waals surface area (Å²) in [6.07, 6.45) is 3.87. The van der Waals surface area contributed by atoms with Crippen molar-refractivity contribution in [2.75, 3.05) is 13.1 Å². The number of fused-ring (bicyclic) bond motifs is 1. The van der Waals surface area contributed by atoms with Crippen molar-refractivity contribution >= 4 is 26.8 Å². The molecule has 0 aliphatic carbocycles. The Kier molecular flexibility index (Phi) is 5.51. The van der Waals surface area contributed by atoms with Crippen LogP contribution in [-0.2, 0) is 10.0 Å². The van der Waals surface area contributed by atoms with Crippen molar-refractivity contribution < 1.29 is 8.42 Å². The summed E-state index contributed by atoms with van der Waals surface area (Å²) >= 11 is 0. The molecule has 0 saturated heterocycles. The molecule has 0 aliphatic heterocycles. The molecule has 8 heteroatoms. The van der Waals surface area contributed by atoms with Crippen LogP contribution in [0.5, 0.6) is 0 Å². The highest BCUT2D eigenvalue weighted by Gasteiger charge is 2.17. The lowest BCUT2D eigenvalue weighted by molar-refractivity contribution is 0.529. The van der Waals surface area contributed by atoms with E-state index >= 15 is 0 Å². The van der Waals surface area contributed by atoms with Crippen molar-refractivity contribution in [2.45, 2.75) is 18.2 Å². The van der Waals surface area contributed by atoms with E-state index in [1.54, 1.807) is 30.6 Å². The first-order valence-corrected chi connectivity index (χ1v) is 8.76. The topological polar surface area (TPSA) is 123 Å². The Morgan fingerprint density at radius 1 is 1.35 bits per heavy atom. The third-order valence-electron chi connectivity index (χ3n) is 3.45. The molecular weight excluding hydrogens is 314 g/mol. The summed E-state index contributed by atoms with van der Waals surface area (Å²) in [6.45, 7) is 2.76. The Bertz CT molecular complexity index is 795. The quantitative estimate of drug-likeness (QED) is 0.510. The fourth-order valence-corrected chi connectivity index (χ4v) is 3.47. The Balaban J connectivity index is 2.06. The molecule has 2 rings (SSSR count). The standard InChI is InChI=1S/C15H21N5O2S/c1-11(9-19-15(16)17)5-8-20-23(21,22)14-4-2-3-12-10-18-7-6-13(12)14/h2-4,6-7,10-11,20H,5,8-9H2,1H3,(H4,16,17,19). The van der Waals surface area contributed by atoms with E-state index in [1.165, 1.54) is 0 Å². The molecule has 5 N–H and O–H groups in total. The fraction of sp³-hybridized carbons (Fsp3) is 0.333. The van der Waals surface area contributed by atoms with Gasteiger partial charge in [0.25, 0.3) is 0 Å². The lowest BCUT2D eigenvalue weighted by Crippen LogP contribution is -2.27. The molecule has 124 valence electrons. The Morgan fingerprint density at radius 2 is 2.13 bits per heavy atom. The fourth-order valence-electron chi connectivity index (χ4n) is 2.20. The average Bonchev–Trinajstić information content (AvgIpc) is 2.52. The van der Waals surface area contributed by atoms with E-state index in [4.69, 9.17) is 11.5 Å². The molecule has 2 aromatic rings. The minimum absolute atomic E-state index is 0.0433. The molecule has 0 radical (unpaired) electrons. The van der Waals surface area contributed by atoms with Crippen LogP contribution < -0.4 is 16.2 Å². The molecule has 1 heterocycles. The lowest BCUT2D eigenvalue weighted by atomic mass is 10.1. The van der Waals surface area contributed by atoms with Gasteiger partial charge in [0.1, 0.15) is 0 Å². The summed E-state index contributed by atoms with van der Waals surface area (Å²) < 4.78 is 27.6. The predicted octanol–water partition coefficient (Wildman–Crippen LogP) is 0.813. The summed E-state index contributed by atoms with van der Waals surface area (Å²) in [6, 6.07) is 6.83. The summed E-state index contributed by atoms with van der Waals surface area (Å²) in [7, 11) is -3.58. The van der Waals surface area contributed by atoms with Crippen molar-refractivity contribution in [3.05, 3.63) is 36.7 Å². The van der Waals surface area contributed by atoms with Crippen LogP contribution in [-0.4, -0.2) is 32.5 Å². The van der Waals surface area contributed by atoms with Crippen LogP contribution in [0.4, 0.5) is 0 Å². The summed E-state index contributed by atoms with van der Waals surface area (Å²) in [4.78, 5) is 8.19. The smallest absolute Gasteiger partial charge is 0.241 e. The highest BCUT2D eigenvalue weighted by molar-refractivity contribution is 7.89. The normalized spacial score (nSPS) is 12.9. The summed E-state index contributed by atoms with van der Waals surface area (Å²) in [5.41, 5.74) is 10.6. The van der Waals surface area contributed by atoms with Crippen LogP contribution in [0.2, 0.25) is 0 Å². The zero-order valence-corrected chi connectivity index (χ0v) is 13.8. The number of benzene rings is 1. The minimum Gasteiger partial charge on any atom is -0.370 e. The number of nitrogens with two attached hydrogens (primary N) is 2. The second kappa shape index (κ2) is 7.38. The number of nitrogens with one attached hydrogen (secondary N) is 1. The van der Waals surface area contributed by atoms with E-state index in [2.05, 4.69) is 14.7 Å².